The molecule has 0 aliphatic heterocycles. The highest BCUT2D eigenvalue weighted by molar-refractivity contribution is 6.07. The molecule has 0 saturated heterocycles. The van der Waals surface area contributed by atoms with Crippen molar-refractivity contribution in [2.75, 3.05) is 5.32 Å². The third-order valence-electron chi connectivity index (χ3n) is 3.64. The fourth-order valence-corrected chi connectivity index (χ4v) is 2.26. The van der Waals surface area contributed by atoms with Crippen LogP contribution in [0.3, 0.4) is 0 Å². The van der Waals surface area contributed by atoms with E-state index in [0.717, 1.165) is 12.8 Å². The highest BCUT2D eigenvalue weighted by Crippen LogP contribution is 2.21. The average molecular weight is 325 g/mol. The summed E-state index contributed by atoms with van der Waals surface area (Å²) in [5.41, 5.74) is 0.539. The number of carbonyl (C=O) groups is 2. The van der Waals surface area contributed by atoms with Crippen molar-refractivity contribution in [3.63, 3.8) is 0 Å². The molecule has 24 heavy (non-hydrogen) atoms. The molecule has 7 nitrogen and oxygen atoms in total. The number of rotatable bonds is 5. The molecule has 122 valence electrons. The molecular weight excluding hydrogens is 310 g/mol. The van der Waals surface area contributed by atoms with Crippen LogP contribution in [0.4, 0.5) is 11.4 Å². The lowest BCUT2D eigenvalue weighted by atomic mass is 10.1. The SMILES string of the molecule is O=C(NC1CC1)c1cccc(NC(=O)c2ccccc2[N+](=O)[O-])c1. The van der Waals surface area contributed by atoms with Crippen LogP contribution in [0, 0.1) is 10.1 Å². The summed E-state index contributed by atoms with van der Waals surface area (Å²) >= 11 is 0. The van der Waals surface area contributed by atoms with E-state index in [-0.39, 0.29) is 23.2 Å². The van der Waals surface area contributed by atoms with Crippen LogP contribution in [0.15, 0.2) is 48.5 Å². The molecule has 1 fully saturated rings. The van der Waals surface area contributed by atoms with Crippen LogP contribution in [-0.2, 0) is 0 Å². The third kappa shape index (κ3) is 3.57. The Kier molecular flexibility index (Phi) is 4.24. The zero-order chi connectivity index (χ0) is 17.1. The molecule has 2 amide bonds. The minimum atomic E-state index is -0.603. The van der Waals surface area contributed by atoms with Gasteiger partial charge in [-0.1, -0.05) is 18.2 Å². The summed E-state index contributed by atoms with van der Waals surface area (Å²) < 4.78 is 0. The van der Waals surface area contributed by atoms with Gasteiger partial charge in [-0.2, -0.15) is 0 Å². The zero-order valence-corrected chi connectivity index (χ0v) is 12.7. The zero-order valence-electron chi connectivity index (χ0n) is 12.7. The van der Waals surface area contributed by atoms with Gasteiger partial charge in [0.25, 0.3) is 17.5 Å². The van der Waals surface area contributed by atoms with Gasteiger partial charge < -0.3 is 10.6 Å². The average Bonchev–Trinajstić information content (AvgIpc) is 3.39. The van der Waals surface area contributed by atoms with Gasteiger partial charge in [0, 0.05) is 23.4 Å². The van der Waals surface area contributed by atoms with Crippen LogP contribution < -0.4 is 10.6 Å². The van der Waals surface area contributed by atoms with E-state index in [1.165, 1.54) is 18.2 Å². The van der Waals surface area contributed by atoms with Crippen LogP contribution in [0.25, 0.3) is 0 Å². The molecule has 1 aliphatic carbocycles. The predicted molar refractivity (Wildman–Crippen MR) is 88.0 cm³/mol. The molecule has 1 aliphatic rings. The summed E-state index contributed by atoms with van der Waals surface area (Å²) in [7, 11) is 0. The van der Waals surface area contributed by atoms with E-state index in [4.69, 9.17) is 0 Å². The first-order chi connectivity index (χ1) is 11.5. The van der Waals surface area contributed by atoms with Gasteiger partial charge in [0.1, 0.15) is 5.56 Å². The second-order valence-electron chi connectivity index (χ2n) is 5.56. The van der Waals surface area contributed by atoms with Crippen LogP contribution >= 0.6 is 0 Å². The summed E-state index contributed by atoms with van der Waals surface area (Å²) in [6.45, 7) is 0. The maximum absolute atomic E-state index is 12.3. The molecule has 1 saturated carbocycles. The Morgan fingerprint density at radius 1 is 1.04 bits per heavy atom. The topological polar surface area (TPSA) is 101 Å². The number of carbonyl (C=O) groups excluding carboxylic acids is 2. The monoisotopic (exact) mass is 325 g/mol. The van der Waals surface area contributed by atoms with Crippen molar-refractivity contribution in [3.8, 4) is 0 Å². The van der Waals surface area contributed by atoms with E-state index >= 15 is 0 Å². The number of anilines is 1. The Morgan fingerprint density at radius 3 is 2.50 bits per heavy atom. The van der Waals surface area contributed by atoms with Crippen molar-refractivity contribution in [1.82, 2.24) is 5.32 Å². The number of benzene rings is 2. The molecule has 2 aromatic carbocycles. The van der Waals surface area contributed by atoms with Crippen molar-refractivity contribution < 1.29 is 14.5 Å². The molecule has 0 atom stereocenters. The number of nitrogens with zero attached hydrogens (tertiary/aromatic N) is 1. The molecule has 2 N–H and O–H groups in total. The summed E-state index contributed by atoms with van der Waals surface area (Å²) in [5.74, 6) is -0.790. The Labute approximate surface area is 137 Å². The number of para-hydroxylation sites is 1. The molecule has 0 spiro atoms. The van der Waals surface area contributed by atoms with Crippen molar-refractivity contribution in [3.05, 3.63) is 69.8 Å². The maximum atomic E-state index is 12.3. The molecule has 0 heterocycles. The van der Waals surface area contributed by atoms with Crippen LogP contribution in [0.2, 0.25) is 0 Å². The maximum Gasteiger partial charge on any atom is 0.282 e. The molecule has 3 rings (SSSR count). The number of hydrogen-bond acceptors (Lipinski definition) is 4. The summed E-state index contributed by atoms with van der Waals surface area (Å²) in [5, 5.41) is 16.5. The lowest BCUT2D eigenvalue weighted by Crippen LogP contribution is -2.25. The molecular formula is C17H15N3O4. The first-order valence-corrected chi connectivity index (χ1v) is 7.50. The summed E-state index contributed by atoms with van der Waals surface area (Å²) in [6.07, 6.45) is 1.97. The number of nitro benzene ring substituents is 1. The smallest absolute Gasteiger partial charge is 0.282 e. The van der Waals surface area contributed by atoms with Gasteiger partial charge in [-0.05, 0) is 37.1 Å². The minimum Gasteiger partial charge on any atom is -0.349 e. The van der Waals surface area contributed by atoms with Gasteiger partial charge in [0.2, 0.25) is 0 Å². The van der Waals surface area contributed by atoms with Crippen LogP contribution in [0.1, 0.15) is 33.6 Å². The molecule has 0 bridgehead atoms. The van der Waals surface area contributed by atoms with E-state index in [2.05, 4.69) is 10.6 Å². The first kappa shape index (κ1) is 15.7. The van der Waals surface area contributed by atoms with Gasteiger partial charge in [-0.15, -0.1) is 0 Å². The van der Waals surface area contributed by atoms with Crippen molar-refractivity contribution >= 4 is 23.2 Å². The Hall–Kier alpha value is -3.22. The fraction of sp³-hybridized carbons (Fsp3) is 0.176. The van der Waals surface area contributed by atoms with Crippen LogP contribution in [-0.4, -0.2) is 22.8 Å². The second kappa shape index (κ2) is 6.49. The van der Waals surface area contributed by atoms with E-state index in [9.17, 15) is 19.7 Å². The predicted octanol–water partition coefficient (Wildman–Crippen LogP) is 2.74. The fourth-order valence-electron chi connectivity index (χ4n) is 2.26. The first-order valence-electron chi connectivity index (χ1n) is 7.50. The second-order valence-corrected chi connectivity index (χ2v) is 5.56. The van der Waals surface area contributed by atoms with E-state index in [1.54, 1.807) is 30.3 Å². The number of amides is 2. The van der Waals surface area contributed by atoms with E-state index in [1.807, 2.05) is 0 Å². The third-order valence-corrected chi connectivity index (χ3v) is 3.64. The highest BCUT2D eigenvalue weighted by Gasteiger charge is 2.24. The van der Waals surface area contributed by atoms with E-state index < -0.39 is 10.8 Å². The molecule has 2 aromatic rings. The van der Waals surface area contributed by atoms with Gasteiger partial charge in [-0.25, -0.2) is 0 Å². The van der Waals surface area contributed by atoms with Crippen LogP contribution in [0.5, 0.6) is 0 Å². The normalized spacial score (nSPS) is 13.2. The molecule has 0 aromatic heterocycles. The lowest BCUT2D eigenvalue weighted by Gasteiger charge is -2.08. The van der Waals surface area contributed by atoms with Crippen molar-refractivity contribution in [2.45, 2.75) is 18.9 Å². The Morgan fingerprint density at radius 2 is 1.79 bits per heavy atom. The van der Waals surface area contributed by atoms with Crippen molar-refractivity contribution in [2.24, 2.45) is 0 Å². The Balaban J connectivity index is 1.77. The summed E-state index contributed by atoms with van der Waals surface area (Å²) in [4.78, 5) is 34.7. The number of hydrogen-bond donors (Lipinski definition) is 2. The van der Waals surface area contributed by atoms with Gasteiger partial charge in [0.15, 0.2) is 0 Å². The highest BCUT2D eigenvalue weighted by atomic mass is 16.6. The largest absolute Gasteiger partial charge is 0.349 e. The Bertz CT molecular complexity index is 815. The lowest BCUT2D eigenvalue weighted by molar-refractivity contribution is -0.385. The molecule has 0 radical (unpaired) electrons. The molecule has 7 heteroatoms. The standard InChI is InChI=1S/C17H15N3O4/c21-16(18-12-8-9-12)11-4-3-5-13(10-11)19-17(22)14-6-1-2-7-15(14)20(23)24/h1-7,10,12H,8-9H2,(H,18,21)(H,19,22). The van der Waals surface area contributed by atoms with Gasteiger partial charge in [-0.3, -0.25) is 19.7 Å². The minimum absolute atomic E-state index is 0.0321. The van der Waals surface area contributed by atoms with E-state index in [0.29, 0.717) is 11.3 Å². The van der Waals surface area contributed by atoms with Crippen molar-refractivity contribution in [1.29, 1.82) is 0 Å². The molecule has 0 unspecified atom stereocenters. The van der Waals surface area contributed by atoms with Gasteiger partial charge >= 0.3 is 0 Å². The summed E-state index contributed by atoms with van der Waals surface area (Å²) in [6, 6.07) is 12.4. The van der Waals surface area contributed by atoms with Gasteiger partial charge in [0.05, 0.1) is 4.92 Å². The number of nitro groups is 1. The quantitative estimate of drug-likeness (QED) is 0.652. The number of nitrogens with one attached hydrogen (secondary N) is 2.